The smallest absolute Gasteiger partial charge is 0.0453 e. The molecule has 0 radical (unpaired) electrons. The first-order valence-electron chi connectivity index (χ1n) is 6.26. The third kappa shape index (κ3) is 3.35. The summed E-state index contributed by atoms with van der Waals surface area (Å²) in [7, 11) is 0. The second-order valence-electron chi connectivity index (χ2n) is 4.35. The maximum atomic E-state index is 6.19. The molecule has 3 heteroatoms. The molecule has 0 aliphatic rings. The summed E-state index contributed by atoms with van der Waals surface area (Å²) in [6.07, 6.45) is 1.12. The molecule has 1 heterocycles. The number of nitrogens with one attached hydrogen (secondary N) is 1. The molecular formula is C15H18ClNS. The van der Waals surface area contributed by atoms with Gasteiger partial charge in [0.2, 0.25) is 0 Å². The van der Waals surface area contributed by atoms with Gasteiger partial charge < -0.3 is 5.32 Å². The van der Waals surface area contributed by atoms with Gasteiger partial charge in [-0.3, -0.25) is 0 Å². The molecule has 96 valence electrons. The number of aryl methyl sites for hydroxylation is 1. The van der Waals surface area contributed by atoms with Crippen molar-refractivity contribution in [2.45, 2.75) is 32.9 Å². The van der Waals surface area contributed by atoms with Crippen LogP contribution in [0.15, 0.2) is 36.4 Å². The standard InChI is InChI=1S/C15H18ClNS/c1-3-12-8-9-13(18-12)10-17-11(2)14-6-4-5-7-15(14)16/h4-9,11,17H,3,10H2,1-2H3. The van der Waals surface area contributed by atoms with Gasteiger partial charge in [-0.05, 0) is 37.1 Å². The van der Waals surface area contributed by atoms with Crippen LogP contribution >= 0.6 is 22.9 Å². The van der Waals surface area contributed by atoms with Crippen molar-refractivity contribution in [3.05, 3.63) is 56.7 Å². The molecule has 0 aliphatic carbocycles. The lowest BCUT2D eigenvalue weighted by atomic mass is 10.1. The van der Waals surface area contributed by atoms with Gasteiger partial charge in [-0.25, -0.2) is 0 Å². The number of hydrogen-bond donors (Lipinski definition) is 1. The van der Waals surface area contributed by atoms with Crippen LogP contribution in [-0.4, -0.2) is 0 Å². The predicted molar refractivity (Wildman–Crippen MR) is 80.4 cm³/mol. The van der Waals surface area contributed by atoms with Gasteiger partial charge in [0, 0.05) is 27.4 Å². The van der Waals surface area contributed by atoms with Crippen LogP contribution in [0.4, 0.5) is 0 Å². The van der Waals surface area contributed by atoms with E-state index < -0.39 is 0 Å². The van der Waals surface area contributed by atoms with Crippen LogP contribution in [0.5, 0.6) is 0 Å². The Bertz CT molecular complexity index is 507. The highest BCUT2D eigenvalue weighted by atomic mass is 35.5. The van der Waals surface area contributed by atoms with E-state index in [0.717, 1.165) is 23.6 Å². The van der Waals surface area contributed by atoms with Gasteiger partial charge in [0.15, 0.2) is 0 Å². The molecule has 0 amide bonds. The highest BCUT2D eigenvalue weighted by Gasteiger charge is 2.08. The highest BCUT2D eigenvalue weighted by Crippen LogP contribution is 2.23. The molecular weight excluding hydrogens is 262 g/mol. The first-order chi connectivity index (χ1) is 8.70. The van der Waals surface area contributed by atoms with E-state index in [9.17, 15) is 0 Å². The minimum Gasteiger partial charge on any atom is -0.305 e. The van der Waals surface area contributed by atoms with Gasteiger partial charge >= 0.3 is 0 Å². The molecule has 1 aromatic carbocycles. The maximum Gasteiger partial charge on any atom is 0.0453 e. The van der Waals surface area contributed by atoms with Crippen molar-refractivity contribution in [3.8, 4) is 0 Å². The lowest BCUT2D eigenvalue weighted by molar-refractivity contribution is 0.579. The van der Waals surface area contributed by atoms with Crippen molar-refractivity contribution in [1.29, 1.82) is 0 Å². The van der Waals surface area contributed by atoms with Gasteiger partial charge in [0.05, 0.1) is 0 Å². The average Bonchev–Trinajstić information content (AvgIpc) is 2.84. The second-order valence-corrected chi connectivity index (χ2v) is 6.01. The number of halogens is 1. The first-order valence-corrected chi connectivity index (χ1v) is 7.45. The molecule has 0 aliphatic heterocycles. The van der Waals surface area contributed by atoms with E-state index in [1.165, 1.54) is 9.75 Å². The van der Waals surface area contributed by atoms with Crippen LogP contribution < -0.4 is 5.32 Å². The lowest BCUT2D eigenvalue weighted by Crippen LogP contribution is -2.17. The van der Waals surface area contributed by atoms with Gasteiger partial charge in [-0.2, -0.15) is 0 Å². The van der Waals surface area contributed by atoms with E-state index in [4.69, 9.17) is 11.6 Å². The summed E-state index contributed by atoms with van der Waals surface area (Å²) in [5.41, 5.74) is 1.16. The Balaban J connectivity index is 1.96. The topological polar surface area (TPSA) is 12.0 Å². The molecule has 2 rings (SSSR count). The van der Waals surface area contributed by atoms with Crippen LogP contribution in [0.2, 0.25) is 5.02 Å². The molecule has 2 aromatic rings. The molecule has 0 saturated carbocycles. The van der Waals surface area contributed by atoms with Crippen molar-refractivity contribution < 1.29 is 0 Å². The Labute approximate surface area is 118 Å². The van der Waals surface area contributed by atoms with Crippen LogP contribution in [0.1, 0.15) is 35.2 Å². The van der Waals surface area contributed by atoms with Crippen molar-refractivity contribution >= 4 is 22.9 Å². The van der Waals surface area contributed by atoms with Crippen molar-refractivity contribution in [1.82, 2.24) is 5.32 Å². The number of benzene rings is 1. The number of thiophene rings is 1. The summed E-state index contributed by atoms with van der Waals surface area (Å²) in [6, 6.07) is 12.7. The fraction of sp³-hybridized carbons (Fsp3) is 0.333. The van der Waals surface area contributed by atoms with Gasteiger partial charge in [0.1, 0.15) is 0 Å². The molecule has 18 heavy (non-hydrogen) atoms. The lowest BCUT2D eigenvalue weighted by Gasteiger charge is -2.14. The zero-order valence-electron chi connectivity index (χ0n) is 10.7. The number of hydrogen-bond acceptors (Lipinski definition) is 2. The third-order valence-electron chi connectivity index (χ3n) is 3.02. The van der Waals surface area contributed by atoms with Crippen LogP contribution in [-0.2, 0) is 13.0 Å². The molecule has 1 aromatic heterocycles. The molecule has 1 N–H and O–H groups in total. The minimum absolute atomic E-state index is 0.269. The summed E-state index contributed by atoms with van der Waals surface area (Å²) in [5.74, 6) is 0. The zero-order chi connectivity index (χ0) is 13.0. The maximum absolute atomic E-state index is 6.19. The summed E-state index contributed by atoms with van der Waals surface area (Å²) in [4.78, 5) is 2.82. The Hall–Kier alpha value is -0.830. The summed E-state index contributed by atoms with van der Waals surface area (Å²) in [5, 5.41) is 4.35. The predicted octanol–water partition coefficient (Wildman–Crippen LogP) is 4.81. The van der Waals surface area contributed by atoms with Gasteiger partial charge in [-0.1, -0.05) is 36.7 Å². The van der Waals surface area contributed by atoms with E-state index in [1.807, 2.05) is 29.5 Å². The zero-order valence-corrected chi connectivity index (χ0v) is 12.3. The van der Waals surface area contributed by atoms with E-state index in [-0.39, 0.29) is 6.04 Å². The van der Waals surface area contributed by atoms with Crippen molar-refractivity contribution in [3.63, 3.8) is 0 Å². The van der Waals surface area contributed by atoms with Crippen LogP contribution in [0.3, 0.4) is 0 Å². The largest absolute Gasteiger partial charge is 0.305 e. The monoisotopic (exact) mass is 279 g/mol. The average molecular weight is 280 g/mol. The number of rotatable bonds is 5. The molecule has 0 saturated heterocycles. The van der Waals surface area contributed by atoms with E-state index >= 15 is 0 Å². The second kappa shape index (κ2) is 6.37. The molecule has 0 fully saturated rings. The van der Waals surface area contributed by atoms with Crippen LogP contribution in [0.25, 0.3) is 0 Å². The fourth-order valence-corrected chi connectivity index (χ4v) is 3.11. The quantitative estimate of drug-likeness (QED) is 0.828. The van der Waals surface area contributed by atoms with Crippen molar-refractivity contribution in [2.24, 2.45) is 0 Å². The Morgan fingerprint density at radius 2 is 1.89 bits per heavy atom. The Morgan fingerprint density at radius 3 is 2.56 bits per heavy atom. The van der Waals surface area contributed by atoms with E-state index in [1.54, 1.807) is 0 Å². The fourth-order valence-electron chi connectivity index (χ4n) is 1.90. The normalized spacial score (nSPS) is 12.6. The van der Waals surface area contributed by atoms with Crippen molar-refractivity contribution in [2.75, 3.05) is 0 Å². The molecule has 1 atom stereocenters. The first kappa shape index (κ1) is 13.6. The molecule has 1 nitrogen and oxygen atoms in total. The van der Waals surface area contributed by atoms with Crippen LogP contribution in [0, 0.1) is 0 Å². The summed E-state index contributed by atoms with van der Waals surface area (Å²) >= 11 is 8.07. The van der Waals surface area contributed by atoms with E-state index in [2.05, 4.69) is 37.4 Å². The summed E-state index contributed by atoms with van der Waals surface area (Å²) < 4.78 is 0. The Morgan fingerprint density at radius 1 is 1.17 bits per heavy atom. The highest BCUT2D eigenvalue weighted by molar-refractivity contribution is 7.11. The molecule has 0 spiro atoms. The van der Waals surface area contributed by atoms with Gasteiger partial charge in [0.25, 0.3) is 0 Å². The Kier molecular flexibility index (Phi) is 4.81. The molecule has 0 bridgehead atoms. The minimum atomic E-state index is 0.269. The van der Waals surface area contributed by atoms with Gasteiger partial charge in [-0.15, -0.1) is 11.3 Å². The summed E-state index contributed by atoms with van der Waals surface area (Å²) in [6.45, 7) is 5.24. The SMILES string of the molecule is CCc1ccc(CNC(C)c2ccccc2Cl)s1. The third-order valence-corrected chi connectivity index (χ3v) is 4.59. The molecule has 1 unspecified atom stereocenters. The van der Waals surface area contributed by atoms with E-state index in [0.29, 0.717) is 0 Å².